The number of rotatable bonds is 7. The third-order valence-electron chi connectivity index (χ3n) is 5.16. The lowest BCUT2D eigenvalue weighted by Gasteiger charge is -2.35. The summed E-state index contributed by atoms with van der Waals surface area (Å²) in [5.74, 6) is 0.475. The van der Waals surface area contributed by atoms with Gasteiger partial charge in [-0.25, -0.2) is 4.79 Å². The van der Waals surface area contributed by atoms with E-state index in [0.29, 0.717) is 17.2 Å². The van der Waals surface area contributed by atoms with Crippen LogP contribution in [0.5, 0.6) is 5.75 Å². The summed E-state index contributed by atoms with van der Waals surface area (Å²) in [7, 11) is 0. The summed E-state index contributed by atoms with van der Waals surface area (Å²) < 4.78 is 5.88. The van der Waals surface area contributed by atoms with Gasteiger partial charge in [-0.05, 0) is 63.4 Å². The van der Waals surface area contributed by atoms with Gasteiger partial charge < -0.3 is 10.1 Å². The molecule has 0 aliphatic carbocycles. The maximum Gasteiger partial charge on any atom is 0.420 e. The van der Waals surface area contributed by atoms with Crippen molar-refractivity contribution in [1.29, 1.82) is 0 Å². The average Bonchev–Trinajstić information content (AvgIpc) is 2.79. The van der Waals surface area contributed by atoms with Crippen LogP contribution in [0.3, 0.4) is 0 Å². The van der Waals surface area contributed by atoms with Crippen molar-refractivity contribution >= 4 is 29.0 Å². The van der Waals surface area contributed by atoms with Gasteiger partial charge in [0.25, 0.3) is 0 Å². The number of benzene rings is 3. The lowest BCUT2D eigenvalue weighted by atomic mass is 10.0. The van der Waals surface area contributed by atoms with Crippen LogP contribution in [0, 0.1) is 6.92 Å². The van der Waals surface area contributed by atoms with Gasteiger partial charge in [-0.15, -0.1) is 6.58 Å². The SMILES string of the molecule is C=CCc1ccccc1N(C(=O)Oc1ccc(C)cc1)C(C(=S)NC(C)(C)C)c1ccccc1. The van der Waals surface area contributed by atoms with Gasteiger partial charge in [-0.2, -0.15) is 0 Å². The zero-order valence-electron chi connectivity index (χ0n) is 20.2. The Labute approximate surface area is 208 Å². The first-order valence-electron chi connectivity index (χ1n) is 11.3. The first-order chi connectivity index (χ1) is 16.2. The Kier molecular flexibility index (Phi) is 8.24. The van der Waals surface area contributed by atoms with E-state index < -0.39 is 12.1 Å². The van der Waals surface area contributed by atoms with Crippen LogP contribution in [0.4, 0.5) is 10.5 Å². The summed E-state index contributed by atoms with van der Waals surface area (Å²) in [6.45, 7) is 12.0. The molecule has 0 bridgehead atoms. The molecule has 5 heteroatoms. The van der Waals surface area contributed by atoms with Crippen LogP contribution in [-0.4, -0.2) is 16.6 Å². The highest BCUT2D eigenvalue weighted by Crippen LogP contribution is 2.33. The second-order valence-electron chi connectivity index (χ2n) is 9.23. The molecule has 0 aliphatic heterocycles. The number of hydrogen-bond acceptors (Lipinski definition) is 3. The molecule has 34 heavy (non-hydrogen) atoms. The van der Waals surface area contributed by atoms with Crippen molar-refractivity contribution in [2.24, 2.45) is 0 Å². The van der Waals surface area contributed by atoms with Crippen molar-refractivity contribution in [3.8, 4) is 5.75 Å². The van der Waals surface area contributed by atoms with Crippen molar-refractivity contribution in [2.75, 3.05) is 4.90 Å². The molecule has 0 spiro atoms. The molecule has 1 amide bonds. The van der Waals surface area contributed by atoms with E-state index in [2.05, 4.69) is 11.9 Å². The Hall–Kier alpha value is -3.44. The largest absolute Gasteiger partial charge is 0.420 e. The fraction of sp³-hybridized carbons (Fsp3) is 0.241. The highest BCUT2D eigenvalue weighted by molar-refractivity contribution is 7.80. The summed E-state index contributed by atoms with van der Waals surface area (Å²) in [4.78, 5) is 16.0. The van der Waals surface area contributed by atoms with E-state index in [4.69, 9.17) is 17.0 Å². The van der Waals surface area contributed by atoms with Gasteiger partial charge in [-0.3, -0.25) is 4.90 Å². The minimum Gasteiger partial charge on any atom is -0.410 e. The van der Waals surface area contributed by atoms with Gasteiger partial charge >= 0.3 is 6.09 Å². The van der Waals surface area contributed by atoms with Gasteiger partial charge in [0.1, 0.15) is 16.8 Å². The van der Waals surface area contributed by atoms with Crippen molar-refractivity contribution < 1.29 is 9.53 Å². The molecular weight excluding hydrogens is 440 g/mol. The molecule has 0 saturated carbocycles. The van der Waals surface area contributed by atoms with Crippen LogP contribution in [0.1, 0.15) is 43.5 Å². The second-order valence-corrected chi connectivity index (χ2v) is 9.66. The fourth-order valence-electron chi connectivity index (χ4n) is 3.66. The van der Waals surface area contributed by atoms with E-state index >= 15 is 0 Å². The molecule has 0 radical (unpaired) electrons. The smallest absolute Gasteiger partial charge is 0.410 e. The summed E-state index contributed by atoms with van der Waals surface area (Å²) in [6, 6.07) is 24.4. The van der Waals surface area contributed by atoms with E-state index in [9.17, 15) is 4.79 Å². The van der Waals surface area contributed by atoms with Crippen molar-refractivity contribution in [2.45, 2.75) is 45.7 Å². The fourth-order valence-corrected chi connectivity index (χ4v) is 4.21. The molecule has 3 aromatic rings. The number of thiocarbonyl (C=S) groups is 1. The summed E-state index contributed by atoms with van der Waals surface area (Å²) >= 11 is 5.91. The van der Waals surface area contributed by atoms with Crippen LogP contribution < -0.4 is 15.0 Å². The highest BCUT2D eigenvalue weighted by Gasteiger charge is 2.34. The molecule has 3 aromatic carbocycles. The monoisotopic (exact) mass is 472 g/mol. The van der Waals surface area contributed by atoms with Gasteiger partial charge in [0.15, 0.2) is 0 Å². The Morgan fingerprint density at radius 3 is 2.26 bits per heavy atom. The minimum absolute atomic E-state index is 0.280. The molecule has 1 atom stereocenters. The van der Waals surface area contributed by atoms with E-state index in [1.807, 2.05) is 101 Å². The van der Waals surface area contributed by atoms with Crippen LogP contribution in [0.15, 0.2) is 91.5 Å². The standard InChI is InChI=1S/C29H32N2O2S/c1-6-12-22-13-10-11-16-25(22)31(28(32)33-24-19-17-21(2)18-20-24)26(23-14-8-7-9-15-23)27(34)30-29(3,4)5/h6-11,13-20,26H,1,12H2,2-5H3,(H,30,34). The zero-order chi connectivity index (χ0) is 24.7. The number of aryl methyl sites for hydroxylation is 1. The number of nitrogens with zero attached hydrogens (tertiary/aromatic N) is 1. The van der Waals surface area contributed by atoms with Gasteiger partial charge in [0.05, 0.1) is 5.69 Å². The average molecular weight is 473 g/mol. The third-order valence-corrected chi connectivity index (χ3v) is 5.48. The van der Waals surface area contributed by atoms with Crippen LogP contribution in [0.25, 0.3) is 0 Å². The minimum atomic E-state index is -0.570. The molecule has 1 N–H and O–H groups in total. The highest BCUT2D eigenvalue weighted by atomic mass is 32.1. The van der Waals surface area contributed by atoms with Crippen LogP contribution >= 0.6 is 12.2 Å². The zero-order valence-corrected chi connectivity index (χ0v) is 21.1. The predicted octanol–water partition coefficient (Wildman–Crippen LogP) is 7.19. The Morgan fingerprint density at radius 1 is 1.03 bits per heavy atom. The number of para-hydroxylation sites is 1. The maximum atomic E-state index is 13.8. The molecule has 1 unspecified atom stereocenters. The Balaban J connectivity index is 2.15. The molecule has 176 valence electrons. The molecule has 0 saturated heterocycles. The number of amides is 1. The molecule has 3 rings (SSSR count). The van der Waals surface area contributed by atoms with E-state index in [1.54, 1.807) is 17.0 Å². The molecule has 0 heterocycles. The van der Waals surface area contributed by atoms with Crippen molar-refractivity contribution in [1.82, 2.24) is 5.32 Å². The van der Waals surface area contributed by atoms with Gasteiger partial charge in [0.2, 0.25) is 0 Å². The van der Waals surface area contributed by atoms with Gasteiger partial charge in [-0.1, -0.05) is 84.5 Å². The van der Waals surface area contributed by atoms with Crippen LogP contribution in [0.2, 0.25) is 0 Å². The molecule has 4 nitrogen and oxygen atoms in total. The van der Waals surface area contributed by atoms with Crippen molar-refractivity contribution in [3.05, 3.63) is 108 Å². The maximum absolute atomic E-state index is 13.8. The molecule has 0 aromatic heterocycles. The van der Waals surface area contributed by atoms with E-state index in [1.165, 1.54) is 0 Å². The summed E-state index contributed by atoms with van der Waals surface area (Å²) in [6.07, 6.45) is 1.92. The molecule has 0 fully saturated rings. The topological polar surface area (TPSA) is 41.6 Å². The number of ether oxygens (including phenoxy) is 1. The number of anilines is 1. The Morgan fingerprint density at radius 2 is 1.65 bits per heavy atom. The van der Waals surface area contributed by atoms with E-state index in [-0.39, 0.29) is 5.54 Å². The first-order valence-corrected chi connectivity index (χ1v) is 11.7. The number of carbonyl (C=O) groups is 1. The number of allylic oxidation sites excluding steroid dienone is 1. The normalized spacial score (nSPS) is 11.9. The third kappa shape index (κ3) is 6.55. The summed E-state index contributed by atoms with van der Waals surface area (Å²) in [5, 5.41) is 3.41. The van der Waals surface area contributed by atoms with E-state index in [0.717, 1.165) is 22.4 Å². The van der Waals surface area contributed by atoms with Crippen molar-refractivity contribution in [3.63, 3.8) is 0 Å². The quantitative estimate of drug-likeness (QED) is 0.292. The molecular formula is C29H32N2O2S. The summed E-state index contributed by atoms with van der Waals surface area (Å²) in [5.41, 5.74) is 3.38. The second kappa shape index (κ2) is 11.1. The Bertz CT molecular complexity index is 1130. The first kappa shape index (κ1) is 25.2. The van der Waals surface area contributed by atoms with Gasteiger partial charge in [0, 0.05) is 5.54 Å². The number of carbonyl (C=O) groups excluding carboxylic acids is 1. The lowest BCUT2D eigenvalue weighted by molar-refractivity contribution is 0.206. The predicted molar refractivity (Wildman–Crippen MR) is 145 cm³/mol. The number of nitrogens with one attached hydrogen (secondary N) is 1. The van der Waals surface area contributed by atoms with Crippen LogP contribution in [-0.2, 0) is 6.42 Å². The number of hydrogen-bond donors (Lipinski definition) is 1. The molecule has 0 aliphatic rings. The lowest BCUT2D eigenvalue weighted by Crippen LogP contribution is -2.49.